The molecule has 0 unspecified atom stereocenters. The Morgan fingerprint density at radius 3 is 2.48 bits per heavy atom. The highest BCUT2D eigenvalue weighted by molar-refractivity contribution is 7.80. The van der Waals surface area contributed by atoms with Crippen molar-refractivity contribution in [3.05, 3.63) is 58.8 Å². The van der Waals surface area contributed by atoms with Crippen molar-refractivity contribution >= 4 is 23.1 Å². The Hall–Kier alpha value is -1.94. The van der Waals surface area contributed by atoms with Gasteiger partial charge in [-0.1, -0.05) is 29.8 Å². The van der Waals surface area contributed by atoms with Gasteiger partial charge < -0.3 is 10.6 Å². The first-order valence-electron chi connectivity index (χ1n) is 7.03. The standard InChI is InChI=1S/C17H21N3S/c1-11-5-7-13(3)15(9-11)14(4)19-17(21)20-16-8-6-12(2)10-18-16/h5-10,14H,1-4H3,(H2,18,19,20,21)/t14-/m0/s1. The summed E-state index contributed by atoms with van der Waals surface area (Å²) in [5.41, 5.74) is 4.90. The zero-order valence-corrected chi connectivity index (χ0v) is 13.7. The van der Waals surface area contributed by atoms with E-state index in [1.807, 2.05) is 25.3 Å². The lowest BCUT2D eigenvalue weighted by atomic mass is 10.0. The second-order valence-electron chi connectivity index (χ2n) is 5.40. The lowest BCUT2D eigenvalue weighted by molar-refractivity contribution is 0.716. The molecule has 1 atom stereocenters. The molecule has 0 saturated heterocycles. The highest BCUT2D eigenvalue weighted by Crippen LogP contribution is 2.19. The van der Waals surface area contributed by atoms with Gasteiger partial charge in [0.25, 0.3) is 0 Å². The van der Waals surface area contributed by atoms with Gasteiger partial charge in [0, 0.05) is 6.20 Å². The van der Waals surface area contributed by atoms with Gasteiger partial charge in [-0.05, 0) is 62.7 Å². The molecule has 1 aromatic carbocycles. The molecule has 0 saturated carbocycles. The van der Waals surface area contributed by atoms with Crippen LogP contribution in [0.3, 0.4) is 0 Å². The zero-order chi connectivity index (χ0) is 15.4. The van der Waals surface area contributed by atoms with Crippen LogP contribution in [0.1, 0.15) is 35.2 Å². The Labute approximate surface area is 131 Å². The number of aryl methyl sites for hydroxylation is 3. The Balaban J connectivity index is 2.01. The van der Waals surface area contributed by atoms with Crippen LogP contribution in [0.5, 0.6) is 0 Å². The van der Waals surface area contributed by atoms with Gasteiger partial charge in [-0.2, -0.15) is 0 Å². The third-order valence-electron chi connectivity index (χ3n) is 3.40. The van der Waals surface area contributed by atoms with Crippen LogP contribution in [0.2, 0.25) is 0 Å². The number of nitrogens with zero attached hydrogens (tertiary/aromatic N) is 1. The third-order valence-corrected chi connectivity index (χ3v) is 3.62. The minimum Gasteiger partial charge on any atom is -0.356 e. The lowest BCUT2D eigenvalue weighted by Gasteiger charge is -2.19. The van der Waals surface area contributed by atoms with E-state index in [-0.39, 0.29) is 6.04 Å². The smallest absolute Gasteiger partial charge is 0.172 e. The molecule has 0 fully saturated rings. The summed E-state index contributed by atoms with van der Waals surface area (Å²) in [5.74, 6) is 0.756. The highest BCUT2D eigenvalue weighted by atomic mass is 32.1. The molecule has 3 nitrogen and oxygen atoms in total. The van der Waals surface area contributed by atoms with Gasteiger partial charge in [-0.3, -0.25) is 0 Å². The molecule has 0 radical (unpaired) electrons. The first-order valence-corrected chi connectivity index (χ1v) is 7.44. The van der Waals surface area contributed by atoms with Crippen LogP contribution in [0, 0.1) is 20.8 Å². The van der Waals surface area contributed by atoms with Crippen molar-refractivity contribution in [2.75, 3.05) is 5.32 Å². The normalized spacial score (nSPS) is 11.8. The van der Waals surface area contributed by atoms with Crippen molar-refractivity contribution < 1.29 is 0 Å². The largest absolute Gasteiger partial charge is 0.356 e. The van der Waals surface area contributed by atoms with Gasteiger partial charge >= 0.3 is 0 Å². The third kappa shape index (κ3) is 4.26. The first-order chi connectivity index (χ1) is 9.95. The number of benzene rings is 1. The molecule has 1 aromatic heterocycles. The summed E-state index contributed by atoms with van der Waals surface area (Å²) in [4.78, 5) is 4.29. The summed E-state index contributed by atoms with van der Waals surface area (Å²) in [6.45, 7) is 8.33. The van der Waals surface area contributed by atoms with Gasteiger partial charge in [0.05, 0.1) is 6.04 Å². The predicted molar refractivity (Wildman–Crippen MR) is 92.7 cm³/mol. The van der Waals surface area contributed by atoms with Gasteiger partial charge in [0.1, 0.15) is 5.82 Å². The number of pyridine rings is 1. The molecule has 0 aliphatic rings. The Bertz CT molecular complexity index is 635. The van der Waals surface area contributed by atoms with Crippen molar-refractivity contribution in [3.8, 4) is 0 Å². The molecular formula is C17H21N3S. The molecule has 110 valence electrons. The van der Waals surface area contributed by atoms with Crippen LogP contribution in [0.4, 0.5) is 5.82 Å². The predicted octanol–water partition coefficient (Wildman–Crippen LogP) is 4.05. The Kier molecular flexibility index (Phi) is 4.91. The van der Waals surface area contributed by atoms with E-state index in [9.17, 15) is 0 Å². The van der Waals surface area contributed by atoms with E-state index in [1.54, 1.807) is 0 Å². The molecule has 0 amide bonds. The summed E-state index contributed by atoms with van der Waals surface area (Å²) in [7, 11) is 0. The van der Waals surface area contributed by atoms with Gasteiger partial charge in [-0.15, -0.1) is 0 Å². The Morgan fingerprint density at radius 2 is 1.81 bits per heavy atom. The monoisotopic (exact) mass is 299 g/mol. The maximum absolute atomic E-state index is 5.36. The minimum absolute atomic E-state index is 0.148. The molecule has 0 aliphatic heterocycles. The fraction of sp³-hybridized carbons (Fsp3) is 0.294. The van der Waals surface area contributed by atoms with Crippen molar-refractivity contribution in [1.82, 2.24) is 10.3 Å². The molecule has 0 spiro atoms. The highest BCUT2D eigenvalue weighted by Gasteiger charge is 2.10. The minimum atomic E-state index is 0.148. The van der Waals surface area contributed by atoms with Crippen molar-refractivity contribution in [1.29, 1.82) is 0 Å². The molecule has 0 bridgehead atoms. The second-order valence-corrected chi connectivity index (χ2v) is 5.81. The van der Waals surface area contributed by atoms with Gasteiger partial charge in [0.2, 0.25) is 0 Å². The fourth-order valence-electron chi connectivity index (χ4n) is 2.19. The number of rotatable bonds is 3. The molecule has 2 rings (SSSR count). The number of hydrogen-bond donors (Lipinski definition) is 2. The van der Waals surface area contributed by atoms with Gasteiger partial charge in [-0.25, -0.2) is 4.98 Å². The van der Waals surface area contributed by atoms with Gasteiger partial charge in [0.15, 0.2) is 5.11 Å². The summed E-state index contributed by atoms with van der Waals surface area (Å²) in [6, 6.07) is 10.5. The zero-order valence-electron chi connectivity index (χ0n) is 12.9. The average Bonchev–Trinajstić information content (AvgIpc) is 2.44. The van der Waals surface area contributed by atoms with E-state index in [2.05, 4.69) is 54.6 Å². The van der Waals surface area contributed by atoms with E-state index in [1.165, 1.54) is 16.7 Å². The molecule has 4 heteroatoms. The van der Waals surface area contributed by atoms with Crippen LogP contribution in [0.25, 0.3) is 0 Å². The van der Waals surface area contributed by atoms with Crippen LogP contribution in [-0.4, -0.2) is 10.1 Å². The number of aromatic nitrogens is 1. The number of nitrogens with one attached hydrogen (secondary N) is 2. The summed E-state index contributed by atoms with van der Waals surface area (Å²) < 4.78 is 0. The Morgan fingerprint density at radius 1 is 1.10 bits per heavy atom. The van der Waals surface area contributed by atoms with Crippen LogP contribution in [-0.2, 0) is 0 Å². The number of hydrogen-bond acceptors (Lipinski definition) is 2. The SMILES string of the molecule is Cc1ccc(NC(=S)N[C@@H](C)c2cc(C)ccc2C)nc1. The molecule has 1 heterocycles. The quantitative estimate of drug-likeness (QED) is 0.838. The van der Waals surface area contributed by atoms with Crippen molar-refractivity contribution in [2.45, 2.75) is 33.7 Å². The average molecular weight is 299 g/mol. The van der Waals surface area contributed by atoms with Crippen molar-refractivity contribution in [3.63, 3.8) is 0 Å². The van der Waals surface area contributed by atoms with E-state index in [4.69, 9.17) is 12.2 Å². The second kappa shape index (κ2) is 6.68. The molecular weight excluding hydrogens is 278 g/mol. The molecule has 2 aromatic rings. The van der Waals surface area contributed by atoms with E-state index in [0.29, 0.717) is 5.11 Å². The topological polar surface area (TPSA) is 37.0 Å². The van der Waals surface area contributed by atoms with E-state index >= 15 is 0 Å². The van der Waals surface area contributed by atoms with Crippen LogP contribution < -0.4 is 10.6 Å². The number of thiocarbonyl (C=S) groups is 1. The van der Waals surface area contributed by atoms with Crippen LogP contribution >= 0.6 is 12.2 Å². The summed E-state index contributed by atoms with van der Waals surface area (Å²) in [6.07, 6.45) is 1.82. The maximum Gasteiger partial charge on any atom is 0.172 e. The first kappa shape index (κ1) is 15.4. The van der Waals surface area contributed by atoms with Crippen molar-refractivity contribution in [2.24, 2.45) is 0 Å². The maximum atomic E-state index is 5.36. The van der Waals surface area contributed by atoms with E-state index in [0.717, 1.165) is 11.4 Å². The summed E-state index contributed by atoms with van der Waals surface area (Å²) >= 11 is 5.36. The van der Waals surface area contributed by atoms with E-state index < -0.39 is 0 Å². The number of anilines is 1. The molecule has 0 aliphatic carbocycles. The lowest BCUT2D eigenvalue weighted by Crippen LogP contribution is -2.31. The molecule has 2 N–H and O–H groups in total. The fourth-order valence-corrected chi connectivity index (χ4v) is 2.48. The molecule has 21 heavy (non-hydrogen) atoms. The summed E-state index contributed by atoms with van der Waals surface area (Å²) in [5, 5.41) is 7.00. The van der Waals surface area contributed by atoms with Crippen LogP contribution in [0.15, 0.2) is 36.5 Å².